The molecular formula is C16H16BrClN2O3S3. The third-order valence-corrected chi connectivity index (χ3v) is 9.03. The quantitative estimate of drug-likeness (QED) is 0.592. The van der Waals surface area contributed by atoms with Crippen molar-refractivity contribution in [2.75, 3.05) is 31.9 Å². The first-order valence-corrected chi connectivity index (χ1v) is 12.2. The smallest absolute Gasteiger partial charge is 0.252 e. The van der Waals surface area contributed by atoms with E-state index < -0.39 is 10.0 Å². The third-order valence-electron chi connectivity index (χ3n) is 3.91. The molecule has 0 N–H and O–H groups in total. The summed E-state index contributed by atoms with van der Waals surface area (Å²) < 4.78 is 28.3. The number of nitrogens with zero attached hydrogens (tertiary/aromatic N) is 2. The van der Waals surface area contributed by atoms with Gasteiger partial charge in [0.15, 0.2) is 0 Å². The van der Waals surface area contributed by atoms with Crippen LogP contribution in [0.3, 0.4) is 0 Å². The number of hydrogen-bond donors (Lipinski definition) is 0. The van der Waals surface area contributed by atoms with Crippen LogP contribution in [-0.2, 0) is 14.8 Å². The van der Waals surface area contributed by atoms with Gasteiger partial charge in [0.25, 0.3) is 10.0 Å². The zero-order valence-electron chi connectivity index (χ0n) is 13.6. The monoisotopic (exact) mass is 494 g/mol. The molecule has 0 atom stereocenters. The minimum atomic E-state index is -3.53. The Labute approximate surface area is 174 Å². The number of rotatable bonds is 5. The molecule has 140 valence electrons. The highest BCUT2D eigenvalue weighted by molar-refractivity contribution is 9.10. The molecule has 1 aliphatic rings. The lowest BCUT2D eigenvalue weighted by molar-refractivity contribution is -0.129. The van der Waals surface area contributed by atoms with Crippen molar-refractivity contribution in [1.29, 1.82) is 0 Å². The van der Waals surface area contributed by atoms with E-state index in [-0.39, 0.29) is 10.1 Å². The average molecular weight is 496 g/mol. The number of thioether (sulfide) groups is 1. The van der Waals surface area contributed by atoms with Gasteiger partial charge in [0.2, 0.25) is 5.91 Å². The number of hydrogen-bond acceptors (Lipinski definition) is 5. The number of carbonyl (C=O) groups excluding carboxylic acids is 1. The fourth-order valence-electron chi connectivity index (χ4n) is 2.51. The van der Waals surface area contributed by atoms with Gasteiger partial charge in [-0.15, -0.1) is 23.1 Å². The van der Waals surface area contributed by atoms with Gasteiger partial charge in [-0.25, -0.2) is 8.42 Å². The second kappa shape index (κ2) is 8.62. The summed E-state index contributed by atoms with van der Waals surface area (Å²) in [5.41, 5.74) is 0. The normalized spacial score (nSPS) is 16.0. The lowest BCUT2D eigenvalue weighted by Gasteiger charge is -2.33. The minimum Gasteiger partial charge on any atom is -0.339 e. The van der Waals surface area contributed by atoms with Crippen molar-refractivity contribution in [2.24, 2.45) is 0 Å². The van der Waals surface area contributed by atoms with Gasteiger partial charge in [-0.05, 0) is 36.4 Å². The molecule has 1 fully saturated rings. The fraction of sp³-hybridized carbons (Fsp3) is 0.312. The largest absolute Gasteiger partial charge is 0.339 e. The van der Waals surface area contributed by atoms with Gasteiger partial charge in [0.05, 0.1) is 10.1 Å². The molecule has 0 radical (unpaired) electrons. The van der Waals surface area contributed by atoms with E-state index >= 15 is 0 Å². The van der Waals surface area contributed by atoms with Crippen LogP contribution in [-0.4, -0.2) is 55.5 Å². The van der Waals surface area contributed by atoms with E-state index in [0.29, 0.717) is 36.3 Å². The molecule has 5 nitrogen and oxygen atoms in total. The van der Waals surface area contributed by atoms with E-state index in [9.17, 15) is 13.2 Å². The maximum absolute atomic E-state index is 12.6. The van der Waals surface area contributed by atoms with E-state index in [0.717, 1.165) is 20.7 Å². The zero-order valence-corrected chi connectivity index (χ0v) is 18.4. The van der Waals surface area contributed by atoms with E-state index in [1.54, 1.807) is 11.0 Å². The van der Waals surface area contributed by atoms with Crippen molar-refractivity contribution >= 4 is 66.6 Å². The van der Waals surface area contributed by atoms with Gasteiger partial charge in [-0.2, -0.15) is 4.31 Å². The number of thiophene rings is 1. The summed E-state index contributed by atoms with van der Waals surface area (Å²) in [6.45, 7) is 1.40. The molecule has 26 heavy (non-hydrogen) atoms. The Kier molecular flexibility index (Phi) is 6.68. The van der Waals surface area contributed by atoms with Crippen molar-refractivity contribution in [1.82, 2.24) is 9.21 Å². The highest BCUT2D eigenvalue weighted by Gasteiger charge is 2.31. The van der Waals surface area contributed by atoms with Crippen LogP contribution in [0.2, 0.25) is 4.34 Å². The number of sulfonamides is 1. The molecule has 1 aromatic carbocycles. The highest BCUT2D eigenvalue weighted by Crippen LogP contribution is 2.28. The first-order chi connectivity index (χ1) is 12.4. The van der Waals surface area contributed by atoms with E-state index in [1.807, 2.05) is 24.3 Å². The number of halogens is 2. The molecule has 1 aromatic heterocycles. The van der Waals surface area contributed by atoms with Gasteiger partial charge < -0.3 is 4.90 Å². The summed E-state index contributed by atoms with van der Waals surface area (Å²) in [4.78, 5) is 15.1. The Morgan fingerprint density at radius 2 is 1.77 bits per heavy atom. The van der Waals surface area contributed by atoms with Crippen LogP contribution in [0, 0.1) is 0 Å². The summed E-state index contributed by atoms with van der Waals surface area (Å²) >= 11 is 11.8. The predicted molar refractivity (Wildman–Crippen MR) is 110 cm³/mol. The Morgan fingerprint density at radius 1 is 1.12 bits per heavy atom. The summed E-state index contributed by atoms with van der Waals surface area (Å²) in [5, 5.41) is 0. The first-order valence-electron chi connectivity index (χ1n) is 7.78. The summed E-state index contributed by atoms with van der Waals surface area (Å²) in [5.74, 6) is 0.365. The van der Waals surface area contributed by atoms with Gasteiger partial charge in [-0.3, -0.25) is 4.79 Å². The first kappa shape index (κ1) is 20.2. The Morgan fingerprint density at radius 3 is 2.35 bits per heavy atom. The molecule has 0 aliphatic carbocycles. The lowest BCUT2D eigenvalue weighted by atomic mass is 10.3. The molecule has 2 heterocycles. The van der Waals surface area contributed by atoms with Crippen molar-refractivity contribution in [3.8, 4) is 0 Å². The molecule has 1 aliphatic heterocycles. The van der Waals surface area contributed by atoms with Gasteiger partial charge >= 0.3 is 0 Å². The summed E-state index contributed by atoms with van der Waals surface area (Å²) in [6.07, 6.45) is 0. The third kappa shape index (κ3) is 4.82. The SMILES string of the molecule is O=C(CSc1ccc(Br)cc1)N1CCN(S(=O)(=O)c2ccc(Cl)s2)CC1. The maximum Gasteiger partial charge on any atom is 0.252 e. The standard InChI is InChI=1S/C16H16BrClN2O3S3/c17-12-1-3-13(4-2-12)24-11-15(21)19-7-9-20(10-8-19)26(22,23)16-6-5-14(18)25-16/h1-6H,7-11H2. The van der Waals surface area contributed by atoms with Crippen LogP contribution in [0.25, 0.3) is 0 Å². The molecule has 1 amide bonds. The molecule has 0 spiro atoms. The van der Waals surface area contributed by atoms with Crippen molar-refractivity contribution < 1.29 is 13.2 Å². The van der Waals surface area contributed by atoms with Gasteiger partial charge in [-0.1, -0.05) is 27.5 Å². The van der Waals surface area contributed by atoms with Crippen LogP contribution in [0.15, 0.2) is 50.0 Å². The molecule has 0 unspecified atom stereocenters. The number of carbonyl (C=O) groups is 1. The number of piperazine rings is 1. The van der Waals surface area contributed by atoms with Crippen molar-refractivity contribution in [3.05, 3.63) is 45.2 Å². The van der Waals surface area contributed by atoms with Gasteiger partial charge in [0.1, 0.15) is 4.21 Å². The van der Waals surface area contributed by atoms with Crippen LogP contribution in [0.1, 0.15) is 0 Å². The number of benzene rings is 1. The fourth-order valence-corrected chi connectivity index (χ4v) is 6.63. The summed E-state index contributed by atoms with van der Waals surface area (Å²) in [7, 11) is -3.53. The molecular weight excluding hydrogens is 480 g/mol. The second-order valence-electron chi connectivity index (χ2n) is 5.59. The number of amides is 1. The van der Waals surface area contributed by atoms with E-state index in [4.69, 9.17) is 11.6 Å². The van der Waals surface area contributed by atoms with Crippen LogP contribution in [0.4, 0.5) is 0 Å². The molecule has 2 aromatic rings. The van der Waals surface area contributed by atoms with Gasteiger partial charge in [0, 0.05) is 35.5 Å². The topological polar surface area (TPSA) is 57.7 Å². The Hall–Kier alpha value is -0.580. The van der Waals surface area contributed by atoms with Crippen LogP contribution in [0.5, 0.6) is 0 Å². The van der Waals surface area contributed by atoms with Crippen LogP contribution >= 0.6 is 50.6 Å². The molecule has 0 bridgehead atoms. The molecule has 3 rings (SSSR count). The van der Waals surface area contributed by atoms with Crippen molar-refractivity contribution in [3.63, 3.8) is 0 Å². The highest BCUT2D eigenvalue weighted by atomic mass is 79.9. The average Bonchev–Trinajstić information content (AvgIpc) is 3.08. The molecule has 10 heteroatoms. The zero-order chi connectivity index (χ0) is 18.7. The van der Waals surface area contributed by atoms with Crippen molar-refractivity contribution in [2.45, 2.75) is 9.10 Å². The Balaban J connectivity index is 1.53. The minimum absolute atomic E-state index is 0.0223. The molecule has 0 saturated carbocycles. The Bertz CT molecular complexity index is 878. The maximum atomic E-state index is 12.6. The molecule has 1 saturated heterocycles. The van der Waals surface area contributed by atoms with E-state index in [2.05, 4.69) is 15.9 Å². The van der Waals surface area contributed by atoms with Crippen LogP contribution < -0.4 is 0 Å². The predicted octanol–water partition coefficient (Wildman–Crippen LogP) is 3.79. The van der Waals surface area contributed by atoms with E-state index in [1.165, 1.54) is 22.1 Å². The second-order valence-corrected chi connectivity index (χ2v) is 11.4. The lowest BCUT2D eigenvalue weighted by Crippen LogP contribution is -2.50. The summed E-state index contributed by atoms with van der Waals surface area (Å²) in [6, 6.07) is 10.9.